The second-order valence-corrected chi connectivity index (χ2v) is 5.44. The van der Waals surface area contributed by atoms with Crippen molar-refractivity contribution >= 4 is 6.03 Å². The highest BCUT2D eigenvalue weighted by Gasteiger charge is 2.18. The van der Waals surface area contributed by atoms with Crippen LogP contribution in [0.4, 0.5) is 4.79 Å². The zero-order valence-corrected chi connectivity index (χ0v) is 13.3. The van der Waals surface area contributed by atoms with E-state index in [2.05, 4.69) is 19.2 Å². The van der Waals surface area contributed by atoms with Crippen LogP contribution < -0.4 is 10.1 Å². The van der Waals surface area contributed by atoms with Gasteiger partial charge in [0, 0.05) is 18.2 Å². The van der Waals surface area contributed by atoms with Crippen molar-refractivity contribution in [3.63, 3.8) is 0 Å². The number of rotatable bonds is 7. The van der Waals surface area contributed by atoms with E-state index in [1.165, 1.54) is 0 Å². The van der Waals surface area contributed by atoms with Gasteiger partial charge in [0.1, 0.15) is 5.75 Å². The van der Waals surface area contributed by atoms with Gasteiger partial charge in [-0.3, -0.25) is 0 Å². The maximum Gasteiger partial charge on any atom is 0.317 e. The van der Waals surface area contributed by atoms with Crippen molar-refractivity contribution in [3.05, 3.63) is 29.8 Å². The Labute approximate surface area is 126 Å². The summed E-state index contributed by atoms with van der Waals surface area (Å²) >= 11 is 0. The molecule has 0 fully saturated rings. The number of urea groups is 1. The van der Waals surface area contributed by atoms with Gasteiger partial charge in [0.05, 0.1) is 20.3 Å². The van der Waals surface area contributed by atoms with E-state index < -0.39 is 0 Å². The minimum Gasteiger partial charge on any atom is -0.496 e. The highest BCUT2D eigenvalue weighted by molar-refractivity contribution is 5.74. The van der Waals surface area contributed by atoms with Crippen LogP contribution >= 0.6 is 0 Å². The number of nitrogens with zero attached hydrogens (tertiary/aromatic N) is 1. The van der Waals surface area contributed by atoms with Crippen LogP contribution in [0.15, 0.2) is 24.3 Å². The standard InChI is InChI=1S/C16H26N2O3/c1-12(2)13(3)17-16(20)18(9-10-19)11-14-7-5-6-8-15(14)21-4/h5-8,12-13,19H,9-11H2,1-4H3,(H,17,20). The molecule has 0 spiro atoms. The molecular formula is C16H26N2O3. The molecule has 0 aliphatic carbocycles. The smallest absolute Gasteiger partial charge is 0.317 e. The highest BCUT2D eigenvalue weighted by Crippen LogP contribution is 2.19. The summed E-state index contributed by atoms with van der Waals surface area (Å²) in [6.45, 7) is 6.71. The van der Waals surface area contributed by atoms with Crippen LogP contribution in [0.3, 0.4) is 0 Å². The summed E-state index contributed by atoms with van der Waals surface area (Å²) in [5, 5.41) is 12.1. The Morgan fingerprint density at radius 1 is 1.33 bits per heavy atom. The normalized spacial score (nSPS) is 12.1. The average molecular weight is 294 g/mol. The first-order valence-electron chi connectivity index (χ1n) is 7.27. The van der Waals surface area contributed by atoms with Crippen molar-refractivity contribution < 1.29 is 14.6 Å². The summed E-state index contributed by atoms with van der Waals surface area (Å²) < 4.78 is 5.30. The lowest BCUT2D eigenvalue weighted by atomic mass is 10.1. The quantitative estimate of drug-likeness (QED) is 0.811. The van der Waals surface area contributed by atoms with Gasteiger partial charge in [-0.25, -0.2) is 4.79 Å². The van der Waals surface area contributed by atoms with Crippen molar-refractivity contribution in [3.8, 4) is 5.75 Å². The van der Waals surface area contributed by atoms with E-state index in [0.29, 0.717) is 12.5 Å². The summed E-state index contributed by atoms with van der Waals surface area (Å²) in [6, 6.07) is 7.49. The highest BCUT2D eigenvalue weighted by atomic mass is 16.5. The summed E-state index contributed by atoms with van der Waals surface area (Å²) in [4.78, 5) is 13.9. The van der Waals surface area contributed by atoms with Crippen molar-refractivity contribution in [2.45, 2.75) is 33.4 Å². The molecule has 1 rings (SSSR count). The fourth-order valence-electron chi connectivity index (χ4n) is 1.87. The molecule has 2 amide bonds. The second-order valence-electron chi connectivity index (χ2n) is 5.44. The fraction of sp³-hybridized carbons (Fsp3) is 0.562. The third-order valence-electron chi connectivity index (χ3n) is 3.56. The van der Waals surface area contributed by atoms with E-state index in [-0.39, 0.29) is 25.2 Å². The van der Waals surface area contributed by atoms with Gasteiger partial charge in [-0.2, -0.15) is 0 Å². The van der Waals surface area contributed by atoms with Gasteiger partial charge in [-0.15, -0.1) is 0 Å². The number of ether oxygens (including phenoxy) is 1. The zero-order chi connectivity index (χ0) is 15.8. The summed E-state index contributed by atoms with van der Waals surface area (Å²) in [6.07, 6.45) is 0. The third kappa shape index (κ3) is 5.27. The predicted octanol–water partition coefficient (Wildman–Crippen LogP) is 2.24. The Bertz CT molecular complexity index is 449. The van der Waals surface area contributed by atoms with Crippen LogP contribution in [0.25, 0.3) is 0 Å². The lowest BCUT2D eigenvalue weighted by molar-refractivity contribution is 0.168. The first-order chi connectivity index (χ1) is 9.99. The van der Waals surface area contributed by atoms with Crippen LogP contribution in [-0.2, 0) is 6.54 Å². The zero-order valence-electron chi connectivity index (χ0n) is 13.3. The predicted molar refractivity (Wildman–Crippen MR) is 83.3 cm³/mol. The molecule has 0 bridgehead atoms. The van der Waals surface area contributed by atoms with Crippen LogP contribution in [0.5, 0.6) is 5.75 Å². The molecule has 5 heteroatoms. The molecule has 1 unspecified atom stereocenters. The fourth-order valence-corrected chi connectivity index (χ4v) is 1.87. The number of methoxy groups -OCH3 is 1. The van der Waals surface area contributed by atoms with E-state index in [1.807, 2.05) is 31.2 Å². The number of hydrogen-bond acceptors (Lipinski definition) is 3. The van der Waals surface area contributed by atoms with E-state index >= 15 is 0 Å². The molecule has 118 valence electrons. The number of nitrogens with one attached hydrogen (secondary N) is 1. The molecule has 1 aromatic carbocycles. The van der Waals surface area contributed by atoms with Crippen LogP contribution in [0.2, 0.25) is 0 Å². The summed E-state index contributed by atoms with van der Waals surface area (Å²) in [5.41, 5.74) is 0.917. The Hall–Kier alpha value is -1.75. The van der Waals surface area contributed by atoms with Gasteiger partial charge in [0.15, 0.2) is 0 Å². The topological polar surface area (TPSA) is 61.8 Å². The molecule has 0 heterocycles. The first kappa shape index (κ1) is 17.3. The first-order valence-corrected chi connectivity index (χ1v) is 7.27. The van der Waals surface area contributed by atoms with Gasteiger partial charge < -0.3 is 20.1 Å². The molecule has 0 aliphatic rings. The third-order valence-corrected chi connectivity index (χ3v) is 3.56. The van der Waals surface area contributed by atoms with Crippen molar-refractivity contribution in [2.75, 3.05) is 20.3 Å². The number of hydrogen-bond donors (Lipinski definition) is 2. The minimum absolute atomic E-state index is 0.0708. The number of aliphatic hydroxyl groups excluding tert-OH is 1. The molecule has 1 atom stereocenters. The molecule has 5 nitrogen and oxygen atoms in total. The van der Waals surface area contributed by atoms with Gasteiger partial charge in [0.2, 0.25) is 0 Å². The maximum absolute atomic E-state index is 12.3. The molecular weight excluding hydrogens is 268 g/mol. The van der Waals surface area contributed by atoms with Crippen molar-refractivity contribution in [1.82, 2.24) is 10.2 Å². The molecule has 0 saturated heterocycles. The molecule has 0 aromatic heterocycles. The van der Waals surface area contributed by atoms with Crippen molar-refractivity contribution in [1.29, 1.82) is 0 Å². The summed E-state index contributed by atoms with van der Waals surface area (Å²) in [7, 11) is 1.61. The van der Waals surface area contributed by atoms with Gasteiger partial charge in [-0.1, -0.05) is 32.0 Å². The van der Waals surface area contributed by atoms with E-state index in [4.69, 9.17) is 4.74 Å². The molecule has 0 saturated carbocycles. The van der Waals surface area contributed by atoms with E-state index in [9.17, 15) is 9.90 Å². The maximum atomic E-state index is 12.3. The Morgan fingerprint density at radius 3 is 2.57 bits per heavy atom. The Balaban J connectivity index is 2.79. The number of carbonyl (C=O) groups excluding carboxylic acids is 1. The SMILES string of the molecule is COc1ccccc1CN(CCO)C(=O)NC(C)C(C)C. The molecule has 0 radical (unpaired) electrons. The monoisotopic (exact) mass is 294 g/mol. The number of para-hydroxylation sites is 1. The van der Waals surface area contributed by atoms with Crippen molar-refractivity contribution in [2.24, 2.45) is 5.92 Å². The number of benzene rings is 1. The lowest BCUT2D eigenvalue weighted by Gasteiger charge is -2.26. The van der Waals surface area contributed by atoms with E-state index in [1.54, 1.807) is 12.0 Å². The number of amides is 2. The van der Waals surface area contributed by atoms with Crippen LogP contribution in [0.1, 0.15) is 26.3 Å². The molecule has 21 heavy (non-hydrogen) atoms. The second kappa shape index (κ2) is 8.52. The molecule has 2 N–H and O–H groups in total. The molecule has 1 aromatic rings. The van der Waals surface area contributed by atoms with Gasteiger partial charge in [-0.05, 0) is 18.9 Å². The van der Waals surface area contributed by atoms with Crippen LogP contribution in [0, 0.1) is 5.92 Å². The number of aliphatic hydroxyl groups is 1. The minimum atomic E-state index is -0.170. The summed E-state index contributed by atoms with van der Waals surface area (Å²) in [5.74, 6) is 1.10. The lowest BCUT2D eigenvalue weighted by Crippen LogP contribution is -2.46. The Kier molecular flexibility index (Phi) is 7.02. The van der Waals surface area contributed by atoms with Gasteiger partial charge >= 0.3 is 6.03 Å². The number of carbonyl (C=O) groups is 1. The van der Waals surface area contributed by atoms with Gasteiger partial charge in [0.25, 0.3) is 0 Å². The molecule has 0 aliphatic heterocycles. The van der Waals surface area contributed by atoms with Crippen LogP contribution in [-0.4, -0.2) is 42.3 Å². The average Bonchev–Trinajstić information content (AvgIpc) is 2.47. The Morgan fingerprint density at radius 2 is 2.00 bits per heavy atom. The van der Waals surface area contributed by atoms with E-state index in [0.717, 1.165) is 11.3 Å². The largest absolute Gasteiger partial charge is 0.496 e.